The lowest BCUT2D eigenvalue weighted by Crippen LogP contribution is -2.45. The summed E-state index contributed by atoms with van der Waals surface area (Å²) in [5.74, 6) is 0.276. The van der Waals surface area contributed by atoms with Gasteiger partial charge < -0.3 is 18.9 Å². The normalized spacial score (nSPS) is 13.6. The summed E-state index contributed by atoms with van der Waals surface area (Å²) in [5.41, 5.74) is 0. The molecule has 14 heteroatoms. The zero-order valence-corrected chi connectivity index (χ0v) is 27.2. The van der Waals surface area contributed by atoms with Crippen molar-refractivity contribution in [3.05, 3.63) is 90.0 Å². The van der Waals surface area contributed by atoms with E-state index in [0.29, 0.717) is 24.3 Å². The van der Waals surface area contributed by atoms with Crippen molar-refractivity contribution in [2.45, 2.75) is 25.5 Å². The van der Waals surface area contributed by atoms with Crippen LogP contribution in [0.15, 0.2) is 84.9 Å². The Labute approximate surface area is 261 Å². The van der Waals surface area contributed by atoms with Crippen molar-refractivity contribution in [3.8, 4) is 17.2 Å². The Bertz CT molecular complexity index is 1290. The summed E-state index contributed by atoms with van der Waals surface area (Å²) in [4.78, 5) is 0. The van der Waals surface area contributed by atoms with E-state index in [0.717, 1.165) is 0 Å². The van der Waals surface area contributed by atoms with Crippen LogP contribution in [-0.4, -0.2) is 40.4 Å². The van der Waals surface area contributed by atoms with E-state index in [-0.39, 0.29) is 40.7 Å². The molecule has 0 saturated heterocycles. The summed E-state index contributed by atoms with van der Waals surface area (Å²) in [6.07, 6.45) is 0.959. The topological polar surface area (TPSA) is 89.1 Å². The van der Waals surface area contributed by atoms with Crippen molar-refractivity contribution in [3.63, 3.8) is 0 Å². The van der Waals surface area contributed by atoms with Gasteiger partial charge in [0, 0.05) is 24.8 Å². The molecule has 0 aromatic heterocycles. The van der Waals surface area contributed by atoms with Crippen LogP contribution >= 0.6 is 62.3 Å². The first-order chi connectivity index (χ1) is 19.7. The standard InChI is InChI=1S/C27H32Cl3N3O5P2S/c1-2-11-26(39(34,36-22-12-5-3-6-13-22)37-23-14-7-4-8-15-23)31-27(41)32-40(35,33(20-18-28)21-19-29)38-25-17-10-9-16-24(25)30/h3-10,12-17,26H,2,11,18-21H2,1H3,(H2,31,32,35,41). The molecule has 0 aliphatic carbocycles. The Hall–Kier alpha value is -1.96. The van der Waals surface area contributed by atoms with Gasteiger partial charge in [-0.2, -0.15) is 0 Å². The van der Waals surface area contributed by atoms with Crippen LogP contribution in [0.3, 0.4) is 0 Å². The van der Waals surface area contributed by atoms with Gasteiger partial charge in [0.1, 0.15) is 17.2 Å². The largest absolute Gasteiger partial charge is 0.452 e. The van der Waals surface area contributed by atoms with E-state index >= 15 is 0 Å². The quantitative estimate of drug-likeness (QED) is 0.0879. The molecule has 3 rings (SSSR count). The van der Waals surface area contributed by atoms with Crippen LogP contribution in [-0.2, 0) is 9.13 Å². The Morgan fingerprint density at radius 2 is 1.37 bits per heavy atom. The van der Waals surface area contributed by atoms with Gasteiger partial charge in [0.2, 0.25) is 0 Å². The molecule has 0 heterocycles. The van der Waals surface area contributed by atoms with Crippen LogP contribution < -0.4 is 24.0 Å². The average molecular weight is 679 g/mol. The van der Waals surface area contributed by atoms with Crippen molar-refractivity contribution in [1.29, 1.82) is 0 Å². The minimum absolute atomic E-state index is 0.0958. The highest BCUT2D eigenvalue weighted by Gasteiger charge is 2.41. The zero-order chi connectivity index (χ0) is 29.7. The van der Waals surface area contributed by atoms with Gasteiger partial charge >= 0.3 is 15.3 Å². The molecule has 41 heavy (non-hydrogen) atoms. The van der Waals surface area contributed by atoms with Gasteiger partial charge in [-0.05, 0) is 55.0 Å². The maximum Gasteiger partial charge on any atom is 0.452 e. The lowest BCUT2D eigenvalue weighted by Gasteiger charge is -2.33. The Kier molecular flexibility index (Phi) is 13.6. The summed E-state index contributed by atoms with van der Waals surface area (Å²) in [7, 11) is -7.95. The molecule has 2 atom stereocenters. The van der Waals surface area contributed by atoms with E-state index in [9.17, 15) is 9.13 Å². The van der Waals surface area contributed by atoms with Crippen molar-refractivity contribution in [1.82, 2.24) is 15.1 Å². The third-order valence-corrected chi connectivity index (χ3v) is 10.8. The number of nitrogens with zero attached hydrogens (tertiary/aromatic N) is 1. The van der Waals surface area contributed by atoms with Gasteiger partial charge in [-0.1, -0.05) is 73.5 Å². The highest BCUT2D eigenvalue weighted by atomic mass is 35.5. The van der Waals surface area contributed by atoms with E-state index in [2.05, 4.69) is 10.4 Å². The van der Waals surface area contributed by atoms with E-state index < -0.39 is 21.0 Å². The van der Waals surface area contributed by atoms with Crippen LogP contribution in [0.1, 0.15) is 19.8 Å². The zero-order valence-electron chi connectivity index (χ0n) is 22.3. The van der Waals surface area contributed by atoms with Crippen LogP contribution in [0.5, 0.6) is 17.2 Å². The third kappa shape index (κ3) is 10.1. The lowest BCUT2D eigenvalue weighted by atomic mass is 10.3. The van der Waals surface area contributed by atoms with E-state index in [1.54, 1.807) is 72.8 Å². The molecule has 0 fully saturated rings. The molecule has 3 aromatic carbocycles. The number of hydrogen-bond acceptors (Lipinski definition) is 6. The fourth-order valence-electron chi connectivity index (χ4n) is 3.67. The highest BCUT2D eigenvalue weighted by molar-refractivity contribution is 7.81. The molecule has 2 unspecified atom stereocenters. The van der Waals surface area contributed by atoms with Gasteiger partial charge in [0.05, 0.1) is 5.02 Å². The number of hydrogen-bond donors (Lipinski definition) is 2. The van der Waals surface area contributed by atoms with Crippen LogP contribution in [0.2, 0.25) is 5.02 Å². The first-order valence-electron chi connectivity index (χ1n) is 12.8. The molecule has 8 nitrogen and oxygen atoms in total. The number of thiocarbonyl (C=S) groups is 1. The van der Waals surface area contributed by atoms with Gasteiger partial charge in [-0.15, -0.1) is 23.2 Å². The Morgan fingerprint density at radius 3 is 1.85 bits per heavy atom. The first kappa shape index (κ1) is 33.5. The Balaban J connectivity index is 1.93. The molecule has 3 aromatic rings. The number of rotatable bonds is 16. The number of para-hydroxylation sites is 3. The molecule has 0 radical (unpaired) electrons. The van der Waals surface area contributed by atoms with Crippen molar-refractivity contribution >= 4 is 67.4 Å². The predicted octanol–water partition coefficient (Wildman–Crippen LogP) is 8.55. The summed E-state index contributed by atoms with van der Waals surface area (Å²) in [6.45, 7) is 2.28. The maximum absolute atomic E-state index is 14.5. The van der Waals surface area contributed by atoms with E-state index in [4.69, 9.17) is 60.6 Å². The molecule has 0 aliphatic rings. The highest BCUT2D eigenvalue weighted by Crippen LogP contribution is 2.54. The molecule has 0 spiro atoms. The summed E-state index contributed by atoms with van der Waals surface area (Å²) in [5, 5.41) is 5.98. The molecule has 0 amide bonds. The molecule has 222 valence electrons. The van der Waals surface area contributed by atoms with Crippen LogP contribution in [0.4, 0.5) is 0 Å². The number of benzene rings is 3. The van der Waals surface area contributed by atoms with Gasteiger partial charge in [-0.25, -0.2) is 13.8 Å². The van der Waals surface area contributed by atoms with E-state index in [1.165, 1.54) is 4.67 Å². The fraction of sp³-hybridized carbons (Fsp3) is 0.296. The minimum atomic E-state index is -3.98. The molecule has 2 N–H and O–H groups in total. The molecule has 0 saturated carbocycles. The Morgan fingerprint density at radius 1 is 0.854 bits per heavy atom. The molecule has 0 aliphatic heterocycles. The second-order valence-electron chi connectivity index (χ2n) is 8.61. The molecule has 0 bridgehead atoms. The molecular weight excluding hydrogens is 647 g/mol. The average Bonchev–Trinajstić information content (AvgIpc) is 2.95. The summed E-state index contributed by atoms with van der Waals surface area (Å²) < 4.78 is 48.3. The third-order valence-electron chi connectivity index (χ3n) is 5.55. The SMILES string of the molecule is CCCC(NC(=S)NP(=O)(Oc1ccccc1Cl)N(CCCl)CCCl)P(=O)(Oc1ccccc1)Oc1ccccc1. The first-order valence-corrected chi connectivity index (χ1v) is 17.9. The van der Waals surface area contributed by atoms with Crippen molar-refractivity contribution < 1.29 is 22.7 Å². The second kappa shape index (κ2) is 16.6. The number of halogens is 3. The van der Waals surface area contributed by atoms with Crippen molar-refractivity contribution in [2.75, 3.05) is 24.8 Å². The van der Waals surface area contributed by atoms with E-state index in [1.807, 2.05) is 19.1 Å². The molecular formula is C27H32Cl3N3O5P2S. The van der Waals surface area contributed by atoms with Crippen LogP contribution in [0, 0.1) is 0 Å². The number of alkyl halides is 2. The monoisotopic (exact) mass is 677 g/mol. The van der Waals surface area contributed by atoms with Gasteiger partial charge in [0.25, 0.3) is 0 Å². The van der Waals surface area contributed by atoms with Crippen LogP contribution in [0.25, 0.3) is 0 Å². The van der Waals surface area contributed by atoms with Gasteiger partial charge in [0.15, 0.2) is 10.9 Å². The maximum atomic E-state index is 14.5. The number of nitrogens with one attached hydrogen (secondary N) is 2. The lowest BCUT2D eigenvalue weighted by molar-refractivity contribution is 0.359. The van der Waals surface area contributed by atoms with Crippen molar-refractivity contribution in [2.24, 2.45) is 0 Å². The smallest absolute Gasteiger partial charge is 0.416 e. The van der Waals surface area contributed by atoms with Gasteiger partial charge in [-0.3, -0.25) is 5.09 Å². The second-order valence-corrected chi connectivity index (χ2v) is 14.3. The fourth-order valence-corrected chi connectivity index (χ4v) is 8.88. The predicted molar refractivity (Wildman–Crippen MR) is 172 cm³/mol. The minimum Gasteiger partial charge on any atom is -0.416 e. The summed E-state index contributed by atoms with van der Waals surface area (Å²) in [6, 6.07) is 24.1. The summed E-state index contributed by atoms with van der Waals surface area (Å²) >= 11 is 23.9.